The molecule has 0 spiro atoms. The number of aromatic nitrogens is 2. The Balaban J connectivity index is 1.43. The highest BCUT2D eigenvalue weighted by molar-refractivity contribution is 6.33. The molecule has 1 aromatic heterocycles. The number of likely N-dealkylation sites (N-methyl/N-ethyl adjacent to an activating group) is 1. The van der Waals surface area contributed by atoms with Crippen LogP contribution in [0.15, 0.2) is 6.20 Å². The summed E-state index contributed by atoms with van der Waals surface area (Å²) < 4.78 is 7.91. The number of carbonyl (C=O) groups is 1. The average Bonchev–Trinajstić information content (AvgIpc) is 3.23. The monoisotopic (exact) mass is 380 g/mol. The van der Waals surface area contributed by atoms with E-state index in [4.69, 9.17) is 16.3 Å². The van der Waals surface area contributed by atoms with Gasteiger partial charge in [0.15, 0.2) is 5.69 Å². The van der Waals surface area contributed by atoms with E-state index in [2.05, 4.69) is 24.1 Å². The molecular weight excluding hydrogens is 352 g/mol. The minimum Gasteiger partial charge on any atom is -0.376 e. The molecule has 0 N–H and O–H groups in total. The molecule has 0 bridgehead atoms. The van der Waals surface area contributed by atoms with Gasteiger partial charge in [-0.05, 0) is 57.5 Å². The molecule has 2 saturated carbocycles. The average molecular weight is 381 g/mol. The molecule has 1 saturated heterocycles. The molecule has 2 heterocycles. The number of amides is 1. The molecule has 1 amide bonds. The lowest BCUT2D eigenvalue weighted by Gasteiger charge is -2.41. The second-order valence-electron chi connectivity index (χ2n) is 8.55. The highest BCUT2D eigenvalue weighted by atomic mass is 35.5. The quantitative estimate of drug-likeness (QED) is 0.786. The maximum Gasteiger partial charge on any atom is 0.275 e. The Labute approximate surface area is 160 Å². The smallest absolute Gasteiger partial charge is 0.275 e. The molecule has 7 heteroatoms. The zero-order valence-corrected chi connectivity index (χ0v) is 16.7. The molecule has 4 atom stereocenters. The van der Waals surface area contributed by atoms with Crippen molar-refractivity contribution in [1.29, 1.82) is 0 Å². The van der Waals surface area contributed by atoms with Crippen molar-refractivity contribution < 1.29 is 9.53 Å². The molecule has 4 rings (SSSR count). The first kappa shape index (κ1) is 18.3. The van der Waals surface area contributed by atoms with Crippen LogP contribution in [-0.2, 0) is 11.8 Å². The minimum absolute atomic E-state index is 0.0400. The number of carbonyl (C=O) groups excluding carboxylic acids is 1. The summed E-state index contributed by atoms with van der Waals surface area (Å²) in [4.78, 5) is 17.1. The summed E-state index contributed by atoms with van der Waals surface area (Å²) in [6.45, 7) is 2.49. The SMILES string of the molecule is CN(C)[C@@H]1C[C@@H]2CN(C(=O)c3nn(C)cc3Cl)C[C@@H]2C[C@H]1OCC1CC1. The summed E-state index contributed by atoms with van der Waals surface area (Å²) in [7, 11) is 6.07. The van der Waals surface area contributed by atoms with Gasteiger partial charge in [0.05, 0.1) is 11.1 Å². The Morgan fingerprint density at radius 3 is 2.58 bits per heavy atom. The normalized spacial score (nSPS) is 31.5. The minimum atomic E-state index is -0.0400. The Bertz CT molecular complexity index is 672. The predicted molar refractivity (Wildman–Crippen MR) is 100 cm³/mol. The maximum absolute atomic E-state index is 12.9. The molecular formula is C19H29ClN4O2. The number of ether oxygens (including phenoxy) is 1. The highest BCUT2D eigenvalue weighted by Crippen LogP contribution is 2.40. The van der Waals surface area contributed by atoms with E-state index in [1.807, 2.05) is 4.90 Å². The topological polar surface area (TPSA) is 50.6 Å². The lowest BCUT2D eigenvalue weighted by molar-refractivity contribution is -0.0493. The Morgan fingerprint density at radius 1 is 1.31 bits per heavy atom. The number of fused-ring (bicyclic) bond motifs is 1. The number of rotatable bonds is 5. The van der Waals surface area contributed by atoms with Crippen LogP contribution in [0.2, 0.25) is 5.02 Å². The Kier molecular flexibility index (Phi) is 5.01. The number of aryl methyl sites for hydroxylation is 1. The fourth-order valence-corrected chi connectivity index (χ4v) is 4.84. The predicted octanol–water partition coefficient (Wildman–Crippen LogP) is 2.28. The van der Waals surface area contributed by atoms with Crippen molar-refractivity contribution in [2.24, 2.45) is 24.8 Å². The standard InChI is InChI=1S/C19H29ClN4O2/c1-22(2)16-6-13-8-24(19(25)18-15(20)10-23(3)21-18)9-14(13)7-17(16)26-11-12-4-5-12/h10,12-14,16-17H,4-9,11H2,1-3H3/t13-,14+,16-,17-/m1/s1. The summed E-state index contributed by atoms with van der Waals surface area (Å²) in [5.41, 5.74) is 0.374. The first-order valence-electron chi connectivity index (χ1n) is 9.68. The van der Waals surface area contributed by atoms with Gasteiger partial charge in [-0.15, -0.1) is 0 Å². The van der Waals surface area contributed by atoms with Crippen LogP contribution in [0.25, 0.3) is 0 Å². The molecule has 0 radical (unpaired) electrons. The van der Waals surface area contributed by atoms with Crippen molar-refractivity contribution in [3.63, 3.8) is 0 Å². The van der Waals surface area contributed by atoms with Crippen LogP contribution >= 0.6 is 11.6 Å². The third-order valence-electron chi connectivity index (χ3n) is 6.27. The zero-order chi connectivity index (χ0) is 18.4. The van der Waals surface area contributed by atoms with Crippen molar-refractivity contribution >= 4 is 17.5 Å². The van der Waals surface area contributed by atoms with E-state index in [0.29, 0.717) is 28.6 Å². The Hall–Kier alpha value is -1.11. The molecule has 1 aromatic rings. The number of nitrogens with zero attached hydrogens (tertiary/aromatic N) is 4. The summed E-state index contributed by atoms with van der Waals surface area (Å²) >= 11 is 6.18. The van der Waals surface area contributed by atoms with Gasteiger partial charge in [-0.2, -0.15) is 5.10 Å². The van der Waals surface area contributed by atoms with E-state index in [0.717, 1.165) is 38.5 Å². The number of likely N-dealkylation sites (tertiary alicyclic amines) is 1. The molecule has 3 fully saturated rings. The maximum atomic E-state index is 12.9. The summed E-state index contributed by atoms with van der Waals surface area (Å²) in [5.74, 6) is 1.79. The van der Waals surface area contributed by atoms with Crippen LogP contribution in [0, 0.1) is 17.8 Å². The Morgan fingerprint density at radius 2 is 2.00 bits per heavy atom. The fraction of sp³-hybridized carbons (Fsp3) is 0.789. The van der Waals surface area contributed by atoms with Crippen LogP contribution in [0.4, 0.5) is 0 Å². The lowest BCUT2D eigenvalue weighted by Crippen LogP contribution is -2.48. The number of hydrogen-bond donors (Lipinski definition) is 0. The van der Waals surface area contributed by atoms with Gasteiger partial charge in [-0.3, -0.25) is 9.48 Å². The largest absolute Gasteiger partial charge is 0.376 e. The zero-order valence-electron chi connectivity index (χ0n) is 15.9. The van der Waals surface area contributed by atoms with Crippen LogP contribution in [0.1, 0.15) is 36.2 Å². The number of halogens is 1. The summed E-state index contributed by atoms with van der Waals surface area (Å²) in [6, 6.07) is 0.434. The van der Waals surface area contributed by atoms with Gasteiger partial charge in [0, 0.05) is 39.0 Å². The van der Waals surface area contributed by atoms with Crippen LogP contribution in [0.3, 0.4) is 0 Å². The second kappa shape index (κ2) is 7.13. The molecule has 0 unspecified atom stereocenters. The van der Waals surface area contributed by atoms with E-state index >= 15 is 0 Å². The van der Waals surface area contributed by atoms with Crippen LogP contribution in [-0.4, -0.2) is 71.4 Å². The van der Waals surface area contributed by atoms with Gasteiger partial charge in [0.2, 0.25) is 0 Å². The van der Waals surface area contributed by atoms with Crippen molar-refractivity contribution in [2.45, 2.75) is 37.8 Å². The first-order chi connectivity index (χ1) is 12.4. The first-order valence-corrected chi connectivity index (χ1v) is 10.1. The molecule has 144 valence electrons. The molecule has 1 aliphatic heterocycles. The van der Waals surface area contributed by atoms with Gasteiger partial charge in [0.1, 0.15) is 0 Å². The highest BCUT2D eigenvalue weighted by Gasteiger charge is 2.45. The summed E-state index contributed by atoms with van der Waals surface area (Å²) in [5, 5.41) is 4.68. The van der Waals surface area contributed by atoms with Gasteiger partial charge in [-0.25, -0.2) is 0 Å². The van der Waals surface area contributed by atoms with Crippen molar-refractivity contribution in [3.8, 4) is 0 Å². The van der Waals surface area contributed by atoms with E-state index in [1.165, 1.54) is 12.8 Å². The third-order valence-corrected chi connectivity index (χ3v) is 6.54. The van der Waals surface area contributed by atoms with E-state index in [-0.39, 0.29) is 12.0 Å². The van der Waals surface area contributed by atoms with Gasteiger partial charge in [0.25, 0.3) is 5.91 Å². The molecule has 3 aliphatic rings. The van der Waals surface area contributed by atoms with Gasteiger partial charge >= 0.3 is 0 Å². The molecule has 2 aliphatic carbocycles. The van der Waals surface area contributed by atoms with Crippen LogP contribution < -0.4 is 0 Å². The summed E-state index contributed by atoms with van der Waals surface area (Å²) in [6.07, 6.45) is 6.73. The van der Waals surface area contributed by atoms with E-state index in [9.17, 15) is 4.79 Å². The van der Waals surface area contributed by atoms with Crippen molar-refractivity contribution in [2.75, 3.05) is 33.8 Å². The van der Waals surface area contributed by atoms with Crippen LogP contribution in [0.5, 0.6) is 0 Å². The molecule has 0 aromatic carbocycles. The van der Waals surface area contributed by atoms with Gasteiger partial charge < -0.3 is 14.5 Å². The fourth-order valence-electron chi connectivity index (χ4n) is 4.58. The molecule has 26 heavy (non-hydrogen) atoms. The second-order valence-corrected chi connectivity index (χ2v) is 8.95. The van der Waals surface area contributed by atoms with Crippen molar-refractivity contribution in [1.82, 2.24) is 19.6 Å². The van der Waals surface area contributed by atoms with Crippen molar-refractivity contribution in [3.05, 3.63) is 16.9 Å². The molecule has 6 nitrogen and oxygen atoms in total. The van der Waals surface area contributed by atoms with E-state index < -0.39 is 0 Å². The van der Waals surface area contributed by atoms with Gasteiger partial charge in [-0.1, -0.05) is 11.6 Å². The van der Waals surface area contributed by atoms with E-state index in [1.54, 1.807) is 17.9 Å². The number of hydrogen-bond acceptors (Lipinski definition) is 4. The lowest BCUT2D eigenvalue weighted by atomic mass is 9.77. The third kappa shape index (κ3) is 3.64.